The second kappa shape index (κ2) is 12.3. The minimum absolute atomic E-state index is 0.0504. The van der Waals surface area contributed by atoms with Crippen molar-refractivity contribution in [3.8, 4) is 5.75 Å². The average Bonchev–Trinajstić information content (AvgIpc) is 3.32. The third-order valence-corrected chi connectivity index (χ3v) is 6.21. The first-order chi connectivity index (χ1) is 17.2. The molecule has 10 heteroatoms. The van der Waals surface area contributed by atoms with E-state index in [0.29, 0.717) is 12.1 Å². The molecule has 194 valence electrons. The molecule has 0 bridgehead atoms. The topological polar surface area (TPSA) is 132 Å². The van der Waals surface area contributed by atoms with E-state index in [9.17, 15) is 19.5 Å². The van der Waals surface area contributed by atoms with Crippen LogP contribution in [0.3, 0.4) is 0 Å². The zero-order valence-electron chi connectivity index (χ0n) is 21.1. The number of carbonyl (C=O) groups is 3. The summed E-state index contributed by atoms with van der Waals surface area (Å²) < 4.78 is 13.0. The minimum Gasteiger partial charge on any atom is -0.497 e. The number of benzene rings is 1. The fraction of sp³-hybridized carbons (Fsp3) is 0.462. The first kappa shape index (κ1) is 26.9. The van der Waals surface area contributed by atoms with Crippen molar-refractivity contribution in [1.82, 2.24) is 20.4 Å². The van der Waals surface area contributed by atoms with Crippen LogP contribution in [0.5, 0.6) is 5.75 Å². The fourth-order valence-electron chi connectivity index (χ4n) is 4.24. The summed E-state index contributed by atoms with van der Waals surface area (Å²) in [6.07, 6.45) is 5.35. The molecule has 3 N–H and O–H groups in total. The van der Waals surface area contributed by atoms with Crippen LogP contribution in [0.1, 0.15) is 56.0 Å². The number of amides is 2. The highest BCUT2D eigenvalue weighted by atomic mass is 16.5. The lowest BCUT2D eigenvalue weighted by Crippen LogP contribution is -2.59. The largest absolute Gasteiger partial charge is 0.497 e. The van der Waals surface area contributed by atoms with Crippen LogP contribution in [0.2, 0.25) is 0 Å². The second-order valence-electron chi connectivity index (χ2n) is 8.82. The first-order valence-electron chi connectivity index (χ1n) is 12.1. The van der Waals surface area contributed by atoms with E-state index in [1.807, 2.05) is 38.1 Å². The zero-order chi connectivity index (χ0) is 26.2. The van der Waals surface area contributed by atoms with Gasteiger partial charge in [0.2, 0.25) is 5.91 Å². The molecule has 0 aliphatic heterocycles. The quantitative estimate of drug-likeness (QED) is 0.434. The van der Waals surface area contributed by atoms with Crippen LogP contribution in [0.4, 0.5) is 0 Å². The standard InChI is InChI=1S/C26H34N4O6/c1-5-20(6-2)36-23-12-18(26(33)34)11-22(24(23)28-16(3)31)29-25(32)19-13-27-30(15-19)14-17-7-9-21(35-4)10-8-17/h7-10,12-13,15,20,22-24H,5-6,11,14H2,1-4H3,(H,28,31)(H,29,32)(H,33,34)/t22-,23+,24+/m0/s1. The molecule has 0 unspecified atom stereocenters. The number of aromatic nitrogens is 2. The molecule has 0 spiro atoms. The smallest absolute Gasteiger partial charge is 0.331 e. The molecule has 10 nitrogen and oxygen atoms in total. The molecule has 0 saturated heterocycles. The van der Waals surface area contributed by atoms with Crippen LogP contribution < -0.4 is 15.4 Å². The maximum Gasteiger partial charge on any atom is 0.331 e. The van der Waals surface area contributed by atoms with E-state index in [1.165, 1.54) is 19.2 Å². The third-order valence-electron chi connectivity index (χ3n) is 6.21. The van der Waals surface area contributed by atoms with Crippen LogP contribution in [-0.2, 0) is 20.9 Å². The highest BCUT2D eigenvalue weighted by molar-refractivity contribution is 5.94. The Morgan fingerprint density at radius 2 is 1.86 bits per heavy atom. The molecule has 1 aromatic carbocycles. The van der Waals surface area contributed by atoms with E-state index in [1.54, 1.807) is 18.0 Å². The number of aliphatic carboxylic acids is 1. The van der Waals surface area contributed by atoms with Crippen LogP contribution in [0, 0.1) is 0 Å². The molecule has 1 aliphatic rings. The van der Waals surface area contributed by atoms with E-state index < -0.39 is 30.1 Å². The maximum absolute atomic E-state index is 13.1. The zero-order valence-corrected chi connectivity index (χ0v) is 21.1. The summed E-state index contributed by atoms with van der Waals surface area (Å²) in [6.45, 7) is 5.81. The van der Waals surface area contributed by atoms with Crippen molar-refractivity contribution in [3.05, 3.63) is 59.4 Å². The summed E-state index contributed by atoms with van der Waals surface area (Å²) >= 11 is 0. The lowest BCUT2D eigenvalue weighted by Gasteiger charge is -2.38. The first-order valence-corrected chi connectivity index (χ1v) is 12.1. The minimum atomic E-state index is -1.08. The van der Waals surface area contributed by atoms with Crippen molar-refractivity contribution in [1.29, 1.82) is 0 Å². The summed E-state index contributed by atoms with van der Waals surface area (Å²) in [5.74, 6) is -1.04. The van der Waals surface area contributed by atoms with Gasteiger partial charge in [-0.1, -0.05) is 26.0 Å². The van der Waals surface area contributed by atoms with Crippen LogP contribution in [0.25, 0.3) is 0 Å². The number of hydrogen-bond donors (Lipinski definition) is 3. The maximum atomic E-state index is 13.1. The van der Waals surface area contributed by atoms with Crippen molar-refractivity contribution in [2.45, 2.75) is 70.9 Å². The number of hydrogen-bond acceptors (Lipinski definition) is 6. The van der Waals surface area contributed by atoms with Gasteiger partial charge in [0.05, 0.1) is 49.7 Å². The average molecular weight is 499 g/mol. The molecule has 1 aromatic heterocycles. The molecule has 3 rings (SSSR count). The van der Waals surface area contributed by atoms with E-state index in [0.717, 1.165) is 24.2 Å². The Kier molecular flexibility index (Phi) is 9.24. The summed E-state index contributed by atoms with van der Waals surface area (Å²) in [4.78, 5) is 36.9. The van der Waals surface area contributed by atoms with Gasteiger partial charge in [-0.05, 0) is 36.6 Å². The Bertz CT molecular complexity index is 1090. The van der Waals surface area contributed by atoms with Crippen molar-refractivity contribution in [2.24, 2.45) is 0 Å². The SMILES string of the molecule is CCC(CC)O[C@@H]1C=C(C(=O)O)C[C@H](NC(=O)c2cnn(Cc3ccc(OC)cc3)c2)[C@H]1NC(C)=O. The normalized spacial score (nSPS) is 19.5. The number of methoxy groups -OCH3 is 1. The number of nitrogens with zero attached hydrogens (tertiary/aromatic N) is 2. The predicted octanol–water partition coefficient (Wildman–Crippen LogP) is 2.53. The number of carbonyl (C=O) groups excluding carboxylic acids is 2. The molecule has 2 aromatic rings. The molecule has 36 heavy (non-hydrogen) atoms. The van der Waals surface area contributed by atoms with Gasteiger partial charge in [0.1, 0.15) is 5.75 Å². The number of carboxylic acids is 1. The summed E-state index contributed by atoms with van der Waals surface area (Å²) in [5, 5.41) is 19.7. The number of nitrogens with one attached hydrogen (secondary N) is 2. The molecule has 0 radical (unpaired) electrons. The van der Waals surface area contributed by atoms with Crippen molar-refractivity contribution >= 4 is 17.8 Å². The van der Waals surface area contributed by atoms with Gasteiger partial charge in [0.25, 0.3) is 5.91 Å². The molecule has 3 atom stereocenters. The van der Waals surface area contributed by atoms with Crippen molar-refractivity contribution < 1.29 is 29.0 Å². The highest BCUT2D eigenvalue weighted by Crippen LogP contribution is 2.25. The fourth-order valence-corrected chi connectivity index (χ4v) is 4.24. The molecule has 0 saturated carbocycles. The van der Waals surface area contributed by atoms with Gasteiger partial charge < -0.3 is 25.2 Å². The third kappa shape index (κ3) is 6.94. The van der Waals surface area contributed by atoms with Crippen LogP contribution in [-0.4, -0.2) is 64.1 Å². The molecular formula is C26H34N4O6. The number of ether oxygens (including phenoxy) is 2. The summed E-state index contributed by atoms with van der Waals surface area (Å²) in [7, 11) is 1.60. The Balaban J connectivity index is 1.77. The Morgan fingerprint density at radius 1 is 1.17 bits per heavy atom. The number of carboxylic acid groups (broad SMARTS) is 1. The molecule has 1 heterocycles. The van der Waals surface area contributed by atoms with Gasteiger partial charge in [-0.25, -0.2) is 4.79 Å². The van der Waals surface area contributed by atoms with Gasteiger partial charge in [0.15, 0.2) is 0 Å². The van der Waals surface area contributed by atoms with Crippen molar-refractivity contribution in [2.75, 3.05) is 7.11 Å². The predicted molar refractivity (Wildman–Crippen MR) is 133 cm³/mol. The van der Waals surface area contributed by atoms with Gasteiger partial charge in [-0.2, -0.15) is 5.10 Å². The van der Waals surface area contributed by atoms with Gasteiger partial charge in [-0.3, -0.25) is 14.3 Å². The molecular weight excluding hydrogens is 464 g/mol. The second-order valence-corrected chi connectivity index (χ2v) is 8.82. The lowest BCUT2D eigenvalue weighted by atomic mass is 9.87. The summed E-state index contributed by atoms with van der Waals surface area (Å²) in [6, 6.07) is 6.24. The highest BCUT2D eigenvalue weighted by Gasteiger charge is 2.38. The van der Waals surface area contributed by atoms with Gasteiger partial charge in [-0.15, -0.1) is 0 Å². The molecule has 0 fully saturated rings. The van der Waals surface area contributed by atoms with E-state index >= 15 is 0 Å². The van der Waals surface area contributed by atoms with Gasteiger partial charge >= 0.3 is 5.97 Å². The lowest BCUT2D eigenvalue weighted by molar-refractivity contribution is -0.133. The van der Waals surface area contributed by atoms with Crippen LogP contribution >= 0.6 is 0 Å². The monoisotopic (exact) mass is 498 g/mol. The van der Waals surface area contributed by atoms with Crippen LogP contribution in [0.15, 0.2) is 48.3 Å². The Hall–Kier alpha value is -3.66. The van der Waals surface area contributed by atoms with E-state index in [2.05, 4.69) is 15.7 Å². The summed E-state index contributed by atoms with van der Waals surface area (Å²) in [5.41, 5.74) is 1.45. The van der Waals surface area contributed by atoms with Crippen molar-refractivity contribution in [3.63, 3.8) is 0 Å². The molecule has 1 aliphatic carbocycles. The van der Waals surface area contributed by atoms with E-state index in [-0.39, 0.29) is 24.0 Å². The van der Waals surface area contributed by atoms with Gasteiger partial charge in [0, 0.05) is 25.1 Å². The van der Waals surface area contributed by atoms with E-state index in [4.69, 9.17) is 9.47 Å². The Morgan fingerprint density at radius 3 is 2.44 bits per heavy atom. The number of rotatable bonds is 11. The Labute approximate surface area is 210 Å². The molecule has 2 amide bonds.